The number of nitrogens with one attached hydrogen (secondary N) is 1. The number of nitrogens with zero attached hydrogens (tertiary/aromatic N) is 1. The van der Waals surface area contributed by atoms with Crippen LogP contribution in [-0.2, 0) is 15.3 Å². The molecule has 0 aliphatic carbocycles. The number of hydrogen-bond acceptors (Lipinski definition) is 6. The zero-order valence-corrected chi connectivity index (χ0v) is 14.6. The van der Waals surface area contributed by atoms with E-state index in [0.717, 1.165) is 0 Å². The maximum Gasteiger partial charge on any atom is 0.316 e. The van der Waals surface area contributed by atoms with E-state index in [1.54, 1.807) is 24.3 Å². The molecule has 1 amide bonds. The van der Waals surface area contributed by atoms with Crippen LogP contribution in [0.25, 0.3) is 0 Å². The van der Waals surface area contributed by atoms with E-state index in [-0.39, 0.29) is 17.7 Å². The molecule has 136 valence electrons. The van der Waals surface area contributed by atoms with Crippen LogP contribution in [0.5, 0.6) is 5.75 Å². The lowest BCUT2D eigenvalue weighted by molar-refractivity contribution is -0.137. The molecule has 0 aromatic heterocycles. The minimum Gasteiger partial charge on any atom is -0.497 e. The molecule has 26 heavy (non-hydrogen) atoms. The minimum atomic E-state index is -2.58. The molecule has 0 spiro atoms. The molecule has 0 aliphatic heterocycles. The number of carbonyl (C=O) groups excluding carboxylic acids is 1. The maximum absolute atomic E-state index is 12.4. The molecule has 8 nitrogen and oxygen atoms in total. The van der Waals surface area contributed by atoms with Crippen molar-refractivity contribution in [3.63, 3.8) is 0 Å². The fraction of sp³-hybridized carbons (Fsp3) is 0.176. The van der Waals surface area contributed by atoms with Crippen molar-refractivity contribution in [1.82, 2.24) is 5.32 Å². The largest absolute Gasteiger partial charge is 0.497 e. The molecule has 2 rings (SSSR count). The number of methoxy groups -OCH3 is 1. The number of ether oxygens (including phenoxy) is 1. The van der Waals surface area contributed by atoms with Crippen molar-refractivity contribution >= 4 is 28.1 Å². The van der Waals surface area contributed by atoms with Gasteiger partial charge in [0.15, 0.2) is 0 Å². The van der Waals surface area contributed by atoms with Crippen LogP contribution >= 0.6 is 0 Å². The van der Waals surface area contributed by atoms with Crippen molar-refractivity contribution in [2.45, 2.75) is 12.5 Å². The van der Waals surface area contributed by atoms with Gasteiger partial charge < -0.3 is 15.2 Å². The average molecular weight is 376 g/mol. The van der Waals surface area contributed by atoms with Gasteiger partial charge in [-0.15, -0.1) is 4.36 Å². The molecule has 0 heterocycles. The summed E-state index contributed by atoms with van der Waals surface area (Å²) in [6.45, 7) is 0. The highest BCUT2D eigenvalue weighted by molar-refractivity contribution is 7.61. The van der Waals surface area contributed by atoms with Gasteiger partial charge in [0.25, 0.3) is 5.91 Å². The molecule has 2 aromatic rings. The second kappa shape index (κ2) is 8.77. The summed E-state index contributed by atoms with van der Waals surface area (Å²) in [6.07, 6.45) is -0.291. The first-order valence-corrected chi connectivity index (χ1v) is 8.50. The van der Waals surface area contributed by atoms with Crippen LogP contribution in [0.15, 0.2) is 52.9 Å². The van der Waals surface area contributed by atoms with Crippen LogP contribution in [0.1, 0.15) is 28.4 Å². The van der Waals surface area contributed by atoms with Crippen molar-refractivity contribution in [1.29, 1.82) is 0 Å². The van der Waals surface area contributed by atoms with Crippen molar-refractivity contribution in [2.24, 2.45) is 4.36 Å². The summed E-state index contributed by atoms with van der Waals surface area (Å²) >= 11 is 0. The summed E-state index contributed by atoms with van der Waals surface area (Å²) in [7, 11) is -1.06. The van der Waals surface area contributed by atoms with Crippen molar-refractivity contribution < 1.29 is 27.9 Å². The first-order valence-electron chi connectivity index (χ1n) is 7.47. The van der Waals surface area contributed by atoms with Crippen molar-refractivity contribution in [3.05, 3.63) is 59.7 Å². The number of benzene rings is 2. The van der Waals surface area contributed by atoms with E-state index in [9.17, 15) is 18.0 Å². The van der Waals surface area contributed by atoms with E-state index in [4.69, 9.17) is 9.84 Å². The van der Waals surface area contributed by atoms with Gasteiger partial charge in [-0.05, 0) is 42.0 Å². The lowest BCUT2D eigenvalue weighted by atomic mass is 10.0. The van der Waals surface area contributed by atoms with Gasteiger partial charge in [0.2, 0.25) is 0 Å². The Labute approximate surface area is 151 Å². The molecule has 1 unspecified atom stereocenters. The van der Waals surface area contributed by atoms with Crippen molar-refractivity contribution in [2.75, 3.05) is 7.11 Å². The SMILES string of the molecule is COc1ccc(C(CC(=O)O)NC(=O)c2ccc(N=S(=O)=O)cc2)cc1. The highest BCUT2D eigenvalue weighted by Gasteiger charge is 2.19. The predicted molar refractivity (Wildman–Crippen MR) is 92.9 cm³/mol. The molecule has 0 fully saturated rings. The standard InChI is InChI=1S/C17H16N2O6S/c1-25-14-8-4-11(5-9-14)15(10-16(20)21)18-17(22)12-2-6-13(7-3-12)19-26(23)24/h2-9,15H,10H2,1H3,(H,18,22)(H,20,21). The Morgan fingerprint density at radius 2 is 1.73 bits per heavy atom. The number of amides is 1. The first kappa shape index (κ1) is 19.1. The molecule has 2 N–H and O–H groups in total. The number of hydrogen-bond donors (Lipinski definition) is 2. The quantitative estimate of drug-likeness (QED) is 0.765. The van der Waals surface area contributed by atoms with Crippen LogP contribution in [0.2, 0.25) is 0 Å². The van der Waals surface area contributed by atoms with Crippen molar-refractivity contribution in [3.8, 4) is 5.75 Å². The van der Waals surface area contributed by atoms with Gasteiger partial charge in [-0.1, -0.05) is 12.1 Å². The lowest BCUT2D eigenvalue weighted by Crippen LogP contribution is -2.30. The third kappa shape index (κ3) is 5.42. The molecular weight excluding hydrogens is 360 g/mol. The van der Waals surface area contributed by atoms with E-state index in [1.807, 2.05) is 0 Å². The Kier molecular flexibility index (Phi) is 6.45. The van der Waals surface area contributed by atoms with Crippen LogP contribution in [0.3, 0.4) is 0 Å². The van der Waals surface area contributed by atoms with E-state index in [2.05, 4.69) is 9.68 Å². The second-order valence-electron chi connectivity index (χ2n) is 5.25. The van der Waals surface area contributed by atoms with E-state index in [0.29, 0.717) is 11.3 Å². The summed E-state index contributed by atoms with van der Waals surface area (Å²) in [5, 5.41) is 11.8. The van der Waals surface area contributed by atoms with Crippen LogP contribution in [0.4, 0.5) is 5.69 Å². The molecule has 0 radical (unpaired) electrons. The molecule has 0 saturated carbocycles. The highest BCUT2D eigenvalue weighted by atomic mass is 32.2. The normalized spacial score (nSPS) is 11.3. The Bertz CT molecular complexity index is 913. The molecule has 1 atom stereocenters. The van der Waals surface area contributed by atoms with Gasteiger partial charge in [0.1, 0.15) is 5.75 Å². The van der Waals surface area contributed by atoms with Gasteiger partial charge in [0.05, 0.1) is 25.3 Å². The Morgan fingerprint density at radius 3 is 2.23 bits per heavy atom. The van der Waals surface area contributed by atoms with Gasteiger partial charge in [-0.3, -0.25) is 9.59 Å². The predicted octanol–water partition coefficient (Wildman–Crippen LogP) is 2.34. The molecule has 0 saturated heterocycles. The molecule has 9 heteroatoms. The number of rotatable bonds is 7. The van der Waals surface area contributed by atoms with Crippen LogP contribution < -0.4 is 10.1 Å². The van der Waals surface area contributed by atoms with Crippen LogP contribution in [0, 0.1) is 0 Å². The maximum atomic E-state index is 12.4. The third-order valence-electron chi connectivity index (χ3n) is 3.51. The summed E-state index contributed by atoms with van der Waals surface area (Å²) in [5.74, 6) is -0.927. The molecular formula is C17H16N2O6S. The summed E-state index contributed by atoms with van der Waals surface area (Å²) in [4.78, 5) is 23.5. The Morgan fingerprint density at radius 1 is 1.12 bits per heavy atom. The Balaban J connectivity index is 2.19. The number of carbonyl (C=O) groups is 2. The van der Waals surface area contributed by atoms with Gasteiger partial charge in [0, 0.05) is 5.56 Å². The number of aliphatic carboxylic acids is 1. The fourth-order valence-corrected chi connectivity index (χ4v) is 2.56. The molecule has 0 aliphatic rings. The van der Waals surface area contributed by atoms with Gasteiger partial charge in [-0.25, -0.2) is 0 Å². The summed E-state index contributed by atoms with van der Waals surface area (Å²) in [6, 6.07) is 11.6. The van der Waals surface area contributed by atoms with Gasteiger partial charge >= 0.3 is 16.5 Å². The third-order valence-corrected chi connectivity index (χ3v) is 3.87. The zero-order valence-electron chi connectivity index (χ0n) is 13.7. The molecule has 0 bridgehead atoms. The van der Waals surface area contributed by atoms with Gasteiger partial charge in [-0.2, -0.15) is 8.42 Å². The van der Waals surface area contributed by atoms with E-state index in [1.165, 1.54) is 31.4 Å². The first-order chi connectivity index (χ1) is 12.4. The van der Waals surface area contributed by atoms with E-state index < -0.39 is 28.4 Å². The number of carboxylic acids is 1. The zero-order chi connectivity index (χ0) is 19.1. The monoisotopic (exact) mass is 376 g/mol. The highest BCUT2D eigenvalue weighted by Crippen LogP contribution is 2.21. The number of carboxylic acid groups (broad SMARTS) is 1. The lowest BCUT2D eigenvalue weighted by Gasteiger charge is -2.18. The topological polar surface area (TPSA) is 122 Å². The smallest absolute Gasteiger partial charge is 0.316 e. The second-order valence-corrected chi connectivity index (χ2v) is 5.87. The fourth-order valence-electron chi connectivity index (χ4n) is 2.26. The van der Waals surface area contributed by atoms with Crippen LogP contribution in [-0.4, -0.2) is 32.5 Å². The van der Waals surface area contributed by atoms with E-state index >= 15 is 0 Å². The summed E-state index contributed by atoms with van der Waals surface area (Å²) in [5.41, 5.74) is 1.06. The molecule has 2 aromatic carbocycles. The Hall–Kier alpha value is -3.20. The summed E-state index contributed by atoms with van der Waals surface area (Å²) < 4.78 is 29.4. The minimum absolute atomic E-state index is 0.187. The average Bonchev–Trinajstić information content (AvgIpc) is 2.61.